The molecule has 0 aromatic rings. The highest BCUT2D eigenvalue weighted by molar-refractivity contribution is 5.77. The molecule has 3 unspecified atom stereocenters. The summed E-state index contributed by atoms with van der Waals surface area (Å²) in [5.41, 5.74) is 0. The number of aliphatic hydroxyl groups excluding tert-OH is 2. The molecule has 0 spiro atoms. The summed E-state index contributed by atoms with van der Waals surface area (Å²) in [5.74, 6) is -0.544. The Labute approximate surface area is 390 Å². The van der Waals surface area contributed by atoms with E-state index in [2.05, 4.69) is 86.8 Å². The van der Waals surface area contributed by atoms with Crippen molar-refractivity contribution < 1.29 is 24.5 Å². The van der Waals surface area contributed by atoms with E-state index in [0.29, 0.717) is 19.3 Å². The molecule has 0 heterocycles. The molecule has 0 rings (SSSR count). The van der Waals surface area contributed by atoms with Crippen LogP contribution in [0.25, 0.3) is 0 Å². The van der Waals surface area contributed by atoms with Gasteiger partial charge in [0.25, 0.3) is 0 Å². The molecule has 0 fully saturated rings. The van der Waals surface area contributed by atoms with Crippen LogP contribution >= 0.6 is 0 Å². The number of hydrogen-bond acceptors (Lipinski definition) is 5. The zero-order valence-corrected chi connectivity index (χ0v) is 41.7. The SMILES string of the molecule is CC/C=C/C/C=C/C/C=C/C/C=C/CCCC(CC(=O)NC(CO)C(O)CCCCCCCCCCCCCCCCCC)OC(=O)CCCCC/C=C\CCCCCCCCC. The van der Waals surface area contributed by atoms with Gasteiger partial charge in [0.05, 0.1) is 25.2 Å². The molecule has 1 amide bonds. The van der Waals surface area contributed by atoms with Gasteiger partial charge in [-0.15, -0.1) is 0 Å². The number of unbranched alkanes of at least 4 members (excludes halogenated alkanes) is 26. The monoisotopic (exact) mass is 882 g/mol. The van der Waals surface area contributed by atoms with E-state index in [1.165, 1.54) is 128 Å². The third-order valence-corrected chi connectivity index (χ3v) is 12.1. The summed E-state index contributed by atoms with van der Waals surface area (Å²) >= 11 is 0. The lowest BCUT2D eigenvalue weighted by Crippen LogP contribution is -2.46. The third kappa shape index (κ3) is 45.9. The predicted molar refractivity (Wildman–Crippen MR) is 273 cm³/mol. The Kier molecular flexibility index (Phi) is 48.6. The van der Waals surface area contributed by atoms with Crippen molar-refractivity contribution >= 4 is 11.9 Å². The van der Waals surface area contributed by atoms with Gasteiger partial charge < -0.3 is 20.3 Å². The minimum absolute atomic E-state index is 0.0335. The molecule has 63 heavy (non-hydrogen) atoms. The average Bonchev–Trinajstić information content (AvgIpc) is 3.28. The molecule has 0 radical (unpaired) electrons. The van der Waals surface area contributed by atoms with Crippen molar-refractivity contribution in [2.75, 3.05) is 6.61 Å². The van der Waals surface area contributed by atoms with Crippen LogP contribution in [0.15, 0.2) is 60.8 Å². The van der Waals surface area contributed by atoms with Gasteiger partial charge >= 0.3 is 5.97 Å². The number of carbonyl (C=O) groups is 2. The first-order valence-corrected chi connectivity index (χ1v) is 27.0. The number of nitrogens with one attached hydrogen (secondary N) is 1. The fraction of sp³-hybridized carbons (Fsp3) is 0.789. The molecule has 3 atom stereocenters. The second-order valence-corrected chi connectivity index (χ2v) is 18.2. The maximum atomic E-state index is 13.2. The summed E-state index contributed by atoms with van der Waals surface area (Å²) < 4.78 is 5.90. The number of carbonyl (C=O) groups excluding carboxylic acids is 2. The molecule has 0 aliphatic rings. The van der Waals surface area contributed by atoms with Gasteiger partial charge in [0.1, 0.15) is 6.10 Å². The molecule has 3 N–H and O–H groups in total. The summed E-state index contributed by atoms with van der Waals surface area (Å²) in [4.78, 5) is 26.2. The highest BCUT2D eigenvalue weighted by atomic mass is 16.5. The van der Waals surface area contributed by atoms with Crippen LogP contribution in [0.5, 0.6) is 0 Å². The number of aliphatic hydroxyl groups is 2. The molecule has 0 saturated carbocycles. The summed E-state index contributed by atoms with van der Waals surface area (Å²) in [5, 5.41) is 23.8. The van der Waals surface area contributed by atoms with E-state index in [4.69, 9.17) is 4.74 Å². The smallest absolute Gasteiger partial charge is 0.306 e. The summed E-state index contributed by atoms with van der Waals surface area (Å²) in [6.45, 7) is 6.36. The maximum absolute atomic E-state index is 13.2. The first kappa shape index (κ1) is 60.6. The Balaban J connectivity index is 4.63. The number of ether oxygens (including phenoxy) is 1. The Morgan fingerprint density at radius 1 is 0.476 bits per heavy atom. The fourth-order valence-electron chi connectivity index (χ4n) is 8.01. The van der Waals surface area contributed by atoms with E-state index in [1.807, 2.05) is 0 Å². The van der Waals surface area contributed by atoms with Crippen molar-refractivity contribution in [1.82, 2.24) is 5.32 Å². The van der Waals surface area contributed by atoms with Crippen LogP contribution < -0.4 is 5.32 Å². The molecule has 0 saturated heterocycles. The molecule has 6 nitrogen and oxygen atoms in total. The second-order valence-electron chi connectivity index (χ2n) is 18.2. The predicted octanol–water partition coefficient (Wildman–Crippen LogP) is 16.4. The van der Waals surface area contributed by atoms with Gasteiger partial charge in [-0.05, 0) is 83.5 Å². The van der Waals surface area contributed by atoms with Crippen molar-refractivity contribution in [2.24, 2.45) is 0 Å². The maximum Gasteiger partial charge on any atom is 0.306 e. The standard InChI is InChI=1S/C57H103NO5/c1-4-7-10-13-16-19-22-25-28-29-31-34-37-40-43-46-49-55(60)54(52-59)58-56(61)51-53(48-45-42-39-36-33-30-26-23-20-17-14-11-8-5-2)63-57(62)50-47-44-41-38-35-32-27-24-21-18-15-12-9-6-3/h8,11,17,20,26,30,32,35-36,39,53-55,59-60H,4-7,9-10,12-16,18-19,21-25,27-29,31,33-34,37-38,40-52H2,1-3H3,(H,58,61)/b11-8+,20-17+,30-26+,35-32-,39-36+. The lowest BCUT2D eigenvalue weighted by atomic mass is 10.0. The quantitative estimate of drug-likeness (QED) is 0.0321. The number of esters is 1. The fourth-order valence-corrected chi connectivity index (χ4v) is 8.01. The van der Waals surface area contributed by atoms with Crippen LogP contribution in [0.4, 0.5) is 0 Å². The molecule has 0 aromatic heterocycles. The Morgan fingerprint density at radius 3 is 1.35 bits per heavy atom. The Morgan fingerprint density at radius 2 is 0.873 bits per heavy atom. The van der Waals surface area contributed by atoms with E-state index in [0.717, 1.165) is 89.9 Å². The van der Waals surface area contributed by atoms with Crippen LogP contribution in [0, 0.1) is 0 Å². The normalized spacial score (nSPS) is 13.7. The second kappa shape index (κ2) is 50.6. The summed E-state index contributed by atoms with van der Waals surface area (Å²) in [6, 6.07) is -0.723. The van der Waals surface area contributed by atoms with E-state index < -0.39 is 18.2 Å². The van der Waals surface area contributed by atoms with Crippen LogP contribution in [-0.2, 0) is 14.3 Å². The van der Waals surface area contributed by atoms with Gasteiger partial charge in [-0.25, -0.2) is 0 Å². The first-order valence-electron chi connectivity index (χ1n) is 27.0. The van der Waals surface area contributed by atoms with Crippen LogP contribution in [0.1, 0.15) is 265 Å². The molecule has 0 aliphatic carbocycles. The highest BCUT2D eigenvalue weighted by Gasteiger charge is 2.24. The number of hydrogen-bond donors (Lipinski definition) is 3. The van der Waals surface area contributed by atoms with Gasteiger partial charge in [-0.2, -0.15) is 0 Å². The number of allylic oxidation sites excluding steroid dienone is 10. The van der Waals surface area contributed by atoms with Crippen LogP contribution in [-0.4, -0.2) is 46.9 Å². The number of rotatable bonds is 48. The van der Waals surface area contributed by atoms with E-state index >= 15 is 0 Å². The first-order chi connectivity index (χ1) is 31.0. The van der Waals surface area contributed by atoms with E-state index in [9.17, 15) is 19.8 Å². The molecule has 366 valence electrons. The van der Waals surface area contributed by atoms with Crippen molar-refractivity contribution in [3.05, 3.63) is 60.8 Å². The molecular formula is C57H103NO5. The number of amides is 1. The van der Waals surface area contributed by atoms with Gasteiger partial charge in [-0.3, -0.25) is 9.59 Å². The van der Waals surface area contributed by atoms with Crippen molar-refractivity contribution in [3.8, 4) is 0 Å². The Bertz CT molecular complexity index is 1130. The van der Waals surface area contributed by atoms with Crippen molar-refractivity contribution in [2.45, 2.75) is 283 Å². The average molecular weight is 882 g/mol. The van der Waals surface area contributed by atoms with Crippen LogP contribution in [0.3, 0.4) is 0 Å². The zero-order chi connectivity index (χ0) is 45.9. The molecule has 0 aromatic carbocycles. The van der Waals surface area contributed by atoms with Crippen molar-refractivity contribution in [1.29, 1.82) is 0 Å². The van der Waals surface area contributed by atoms with Gasteiger partial charge in [0.15, 0.2) is 0 Å². The van der Waals surface area contributed by atoms with Crippen molar-refractivity contribution in [3.63, 3.8) is 0 Å². The molecule has 0 bridgehead atoms. The molecule has 6 heteroatoms. The van der Waals surface area contributed by atoms with Crippen LogP contribution in [0.2, 0.25) is 0 Å². The largest absolute Gasteiger partial charge is 0.462 e. The summed E-state index contributed by atoms with van der Waals surface area (Å²) in [6.07, 6.45) is 62.9. The topological polar surface area (TPSA) is 95.9 Å². The van der Waals surface area contributed by atoms with Gasteiger partial charge in [-0.1, -0.05) is 229 Å². The molecular weight excluding hydrogens is 779 g/mol. The molecule has 0 aliphatic heterocycles. The minimum Gasteiger partial charge on any atom is -0.462 e. The Hall–Kier alpha value is -2.44. The van der Waals surface area contributed by atoms with Gasteiger partial charge in [0, 0.05) is 6.42 Å². The van der Waals surface area contributed by atoms with E-state index in [-0.39, 0.29) is 24.9 Å². The van der Waals surface area contributed by atoms with E-state index in [1.54, 1.807) is 0 Å². The summed E-state index contributed by atoms with van der Waals surface area (Å²) in [7, 11) is 0. The van der Waals surface area contributed by atoms with Gasteiger partial charge in [0.2, 0.25) is 5.91 Å². The zero-order valence-electron chi connectivity index (χ0n) is 41.7. The third-order valence-electron chi connectivity index (χ3n) is 12.1. The minimum atomic E-state index is -0.806. The highest BCUT2D eigenvalue weighted by Crippen LogP contribution is 2.17. The lowest BCUT2D eigenvalue weighted by Gasteiger charge is -2.24. The lowest BCUT2D eigenvalue weighted by molar-refractivity contribution is -0.151.